The van der Waals surface area contributed by atoms with Gasteiger partial charge >= 0.3 is 0 Å². The average molecular weight is 606 g/mol. The normalized spacial score (nSPS) is 17.2. The van der Waals surface area contributed by atoms with Crippen molar-refractivity contribution in [3.05, 3.63) is 108 Å². The minimum atomic E-state index is -0.220. The molecule has 0 bridgehead atoms. The Balaban J connectivity index is 1.05. The van der Waals surface area contributed by atoms with Crippen LogP contribution in [-0.4, -0.2) is 69.7 Å². The van der Waals surface area contributed by atoms with E-state index in [2.05, 4.69) is 14.8 Å². The summed E-state index contributed by atoms with van der Waals surface area (Å²) < 4.78 is 21.6. The number of amides is 1. The lowest BCUT2D eigenvalue weighted by Gasteiger charge is -2.26. The van der Waals surface area contributed by atoms with E-state index in [1.54, 1.807) is 12.1 Å². The van der Waals surface area contributed by atoms with Crippen LogP contribution in [0.3, 0.4) is 0 Å². The van der Waals surface area contributed by atoms with Gasteiger partial charge < -0.3 is 19.4 Å². The van der Waals surface area contributed by atoms with E-state index in [9.17, 15) is 9.18 Å². The fourth-order valence-corrected chi connectivity index (χ4v) is 6.35. The highest BCUT2D eigenvalue weighted by atomic mass is 19.1. The Bertz CT molecular complexity index is 1780. The third-order valence-electron chi connectivity index (χ3n) is 8.64. The van der Waals surface area contributed by atoms with Crippen LogP contribution in [0, 0.1) is 5.82 Å². The second-order valence-corrected chi connectivity index (χ2v) is 11.6. The molecule has 1 amide bonds. The molecule has 0 unspecified atom stereocenters. The molecule has 1 atom stereocenters. The zero-order chi connectivity index (χ0) is 30.6. The van der Waals surface area contributed by atoms with Gasteiger partial charge in [-0.3, -0.25) is 4.79 Å². The predicted octanol–water partition coefficient (Wildman–Crippen LogP) is 5.53. The molecule has 0 aliphatic carbocycles. The van der Waals surface area contributed by atoms with Crippen molar-refractivity contribution in [1.29, 1.82) is 0 Å². The fourth-order valence-electron chi connectivity index (χ4n) is 6.35. The number of rotatable bonds is 8. The average Bonchev–Trinajstić information content (AvgIpc) is 3.66. The van der Waals surface area contributed by atoms with Crippen molar-refractivity contribution >= 4 is 23.2 Å². The zero-order valence-electron chi connectivity index (χ0n) is 25.1. The van der Waals surface area contributed by atoms with E-state index in [1.807, 2.05) is 82.3 Å². The molecule has 10 heteroatoms. The molecule has 2 aromatic carbocycles. The first kappa shape index (κ1) is 28.9. The van der Waals surface area contributed by atoms with Crippen molar-refractivity contribution in [3.8, 4) is 11.4 Å². The number of nitrogens with zero attached hydrogens (tertiary/aromatic N) is 7. The number of benzene rings is 2. The van der Waals surface area contributed by atoms with Crippen LogP contribution in [0.5, 0.6) is 0 Å². The number of ether oxygens (including phenoxy) is 1. The molecule has 45 heavy (non-hydrogen) atoms. The molecular weight excluding hydrogens is 569 g/mol. The van der Waals surface area contributed by atoms with Gasteiger partial charge in [-0.2, -0.15) is 0 Å². The molecule has 0 N–H and O–H groups in total. The SMILES string of the molecule is O=C(COCc1ccccc1)N1CCCN(c2cccc(-c3cnc4ccc(N5CCC[C@@H]5c5cccc(F)c5)nn34)n2)CC1. The molecule has 2 aliphatic rings. The number of carbonyl (C=O) groups excluding carboxylic acids is 1. The quantitative estimate of drug-likeness (QED) is 0.230. The summed E-state index contributed by atoms with van der Waals surface area (Å²) in [4.78, 5) is 28.9. The van der Waals surface area contributed by atoms with E-state index >= 15 is 0 Å². The van der Waals surface area contributed by atoms with Crippen LogP contribution in [0.15, 0.2) is 91.1 Å². The smallest absolute Gasteiger partial charge is 0.248 e. The third kappa shape index (κ3) is 6.37. The van der Waals surface area contributed by atoms with Crippen LogP contribution in [0.1, 0.15) is 36.4 Å². The number of fused-ring (bicyclic) bond motifs is 1. The van der Waals surface area contributed by atoms with E-state index < -0.39 is 0 Å². The molecule has 0 radical (unpaired) electrons. The van der Waals surface area contributed by atoms with Gasteiger partial charge in [0.25, 0.3) is 0 Å². The minimum Gasteiger partial charge on any atom is -0.367 e. The van der Waals surface area contributed by atoms with Crippen molar-refractivity contribution in [1.82, 2.24) is 24.5 Å². The number of carbonyl (C=O) groups is 1. The van der Waals surface area contributed by atoms with Gasteiger partial charge in [0.05, 0.1) is 24.5 Å². The molecule has 5 heterocycles. The van der Waals surface area contributed by atoms with E-state index in [1.165, 1.54) is 6.07 Å². The van der Waals surface area contributed by atoms with Gasteiger partial charge in [0.15, 0.2) is 5.65 Å². The number of aromatic nitrogens is 4. The Morgan fingerprint density at radius 2 is 1.76 bits per heavy atom. The van der Waals surface area contributed by atoms with Crippen molar-refractivity contribution in [3.63, 3.8) is 0 Å². The molecule has 230 valence electrons. The zero-order valence-corrected chi connectivity index (χ0v) is 25.1. The third-order valence-corrected chi connectivity index (χ3v) is 8.64. The number of anilines is 2. The first-order valence-corrected chi connectivity index (χ1v) is 15.6. The molecule has 9 nitrogen and oxygen atoms in total. The summed E-state index contributed by atoms with van der Waals surface area (Å²) in [7, 11) is 0. The summed E-state index contributed by atoms with van der Waals surface area (Å²) in [6.45, 7) is 4.15. The minimum absolute atomic E-state index is 0.0136. The van der Waals surface area contributed by atoms with Gasteiger partial charge in [-0.05, 0) is 66.8 Å². The largest absolute Gasteiger partial charge is 0.367 e. The molecule has 5 aromatic rings. The Hall–Kier alpha value is -4.83. The topological polar surface area (TPSA) is 79.1 Å². The summed E-state index contributed by atoms with van der Waals surface area (Å²) >= 11 is 0. The monoisotopic (exact) mass is 605 g/mol. The highest BCUT2D eigenvalue weighted by Crippen LogP contribution is 2.36. The summed E-state index contributed by atoms with van der Waals surface area (Å²) in [5.74, 6) is 1.48. The molecule has 2 aliphatic heterocycles. The first-order chi connectivity index (χ1) is 22.1. The number of pyridine rings is 1. The lowest BCUT2D eigenvalue weighted by Crippen LogP contribution is -2.37. The van der Waals surface area contributed by atoms with Gasteiger partial charge in [0.1, 0.15) is 29.8 Å². The van der Waals surface area contributed by atoms with Crippen molar-refractivity contribution in [2.24, 2.45) is 0 Å². The van der Waals surface area contributed by atoms with Crippen LogP contribution in [0.2, 0.25) is 0 Å². The Morgan fingerprint density at radius 3 is 2.64 bits per heavy atom. The van der Waals surface area contributed by atoms with Gasteiger partial charge in [-0.1, -0.05) is 48.5 Å². The standard InChI is InChI=1S/C35H36FN7O2/c36-28-11-4-10-27(22-28)30-13-6-19-42(30)34-16-15-32-37-23-31(43(32)39-34)29-12-5-14-33(38-29)40-17-7-18-41(21-20-40)35(44)25-45-24-26-8-2-1-3-9-26/h1-5,8-12,14-16,22-23,30H,6-7,13,17-21,24-25H2/t30-/m1/s1. The van der Waals surface area contributed by atoms with Crippen molar-refractivity contribution in [2.45, 2.75) is 31.9 Å². The maximum Gasteiger partial charge on any atom is 0.248 e. The Labute approximate surface area is 261 Å². The summed E-state index contributed by atoms with van der Waals surface area (Å²) in [6.07, 6.45) is 4.62. The van der Waals surface area contributed by atoms with E-state index in [0.29, 0.717) is 26.2 Å². The van der Waals surface area contributed by atoms with Crippen molar-refractivity contribution in [2.75, 3.05) is 49.1 Å². The van der Waals surface area contributed by atoms with Gasteiger partial charge in [0.2, 0.25) is 5.91 Å². The molecule has 2 fully saturated rings. The van der Waals surface area contributed by atoms with Crippen molar-refractivity contribution < 1.29 is 13.9 Å². The van der Waals surface area contributed by atoms with Crippen LogP contribution in [-0.2, 0) is 16.1 Å². The predicted molar refractivity (Wildman–Crippen MR) is 171 cm³/mol. The number of hydrogen-bond acceptors (Lipinski definition) is 7. The summed E-state index contributed by atoms with van der Waals surface area (Å²) in [5.41, 5.74) is 4.34. The Kier molecular flexibility index (Phi) is 8.37. The van der Waals surface area contributed by atoms with E-state index in [-0.39, 0.29) is 24.4 Å². The summed E-state index contributed by atoms with van der Waals surface area (Å²) in [5, 5.41) is 5.00. The van der Waals surface area contributed by atoms with Crippen LogP contribution >= 0.6 is 0 Å². The second kappa shape index (κ2) is 13.0. The van der Waals surface area contributed by atoms with Gasteiger partial charge in [-0.15, -0.1) is 5.10 Å². The van der Waals surface area contributed by atoms with Gasteiger partial charge in [0, 0.05) is 32.7 Å². The van der Waals surface area contributed by atoms with Crippen LogP contribution < -0.4 is 9.80 Å². The Morgan fingerprint density at radius 1 is 0.867 bits per heavy atom. The first-order valence-electron chi connectivity index (χ1n) is 15.6. The summed E-state index contributed by atoms with van der Waals surface area (Å²) in [6, 6.07) is 26.8. The second-order valence-electron chi connectivity index (χ2n) is 11.6. The highest BCUT2D eigenvalue weighted by molar-refractivity contribution is 5.77. The van der Waals surface area contributed by atoms with Crippen LogP contribution in [0.25, 0.3) is 17.0 Å². The molecular formula is C35H36FN7O2. The maximum absolute atomic E-state index is 14.0. The maximum atomic E-state index is 14.0. The molecule has 2 saturated heterocycles. The van der Waals surface area contributed by atoms with Crippen LogP contribution in [0.4, 0.5) is 16.0 Å². The fraction of sp³-hybridized carbons (Fsp3) is 0.314. The highest BCUT2D eigenvalue weighted by Gasteiger charge is 2.28. The molecule has 7 rings (SSSR count). The van der Waals surface area contributed by atoms with E-state index in [0.717, 1.165) is 72.1 Å². The molecule has 0 spiro atoms. The number of hydrogen-bond donors (Lipinski definition) is 0. The molecule has 0 saturated carbocycles. The van der Waals surface area contributed by atoms with Gasteiger partial charge in [-0.25, -0.2) is 18.9 Å². The molecule has 3 aromatic heterocycles. The number of imidazole rings is 1. The lowest BCUT2D eigenvalue weighted by atomic mass is 10.0. The van der Waals surface area contributed by atoms with E-state index in [4.69, 9.17) is 14.8 Å². The lowest BCUT2D eigenvalue weighted by molar-refractivity contribution is -0.136. The number of halogens is 1.